The molecule has 1 aromatic carbocycles. The zero-order valence-corrected chi connectivity index (χ0v) is 15.4. The molecule has 8 heteroatoms. The summed E-state index contributed by atoms with van der Waals surface area (Å²) in [5, 5.41) is 4.51. The van der Waals surface area contributed by atoms with Crippen LogP contribution in [0.1, 0.15) is 5.56 Å². The van der Waals surface area contributed by atoms with Gasteiger partial charge in [0.05, 0.1) is 5.52 Å². The number of aromatic nitrogens is 2. The number of fused-ring (bicyclic) bond motifs is 1. The molecule has 1 amide bonds. The van der Waals surface area contributed by atoms with Crippen LogP contribution in [-0.4, -0.2) is 15.0 Å². The summed E-state index contributed by atoms with van der Waals surface area (Å²) in [7, 11) is 1.41. The molecule has 2 aromatic heterocycles. The Balaban J connectivity index is 1.94. The van der Waals surface area contributed by atoms with E-state index in [1.165, 1.54) is 23.0 Å². The number of thiophene rings is 1. The van der Waals surface area contributed by atoms with Gasteiger partial charge < -0.3 is 5.32 Å². The lowest BCUT2D eigenvalue weighted by Crippen LogP contribution is -2.39. The predicted molar refractivity (Wildman–Crippen MR) is 98.8 cm³/mol. The number of anilines is 1. The smallest absolute Gasteiger partial charge is 0.325 e. The van der Waals surface area contributed by atoms with Crippen molar-refractivity contribution in [2.75, 3.05) is 5.32 Å². The van der Waals surface area contributed by atoms with E-state index in [2.05, 4.69) is 21.2 Å². The average molecular weight is 408 g/mol. The molecule has 1 N–H and O–H groups in total. The van der Waals surface area contributed by atoms with Gasteiger partial charge in [-0.05, 0) is 42.1 Å². The monoisotopic (exact) mass is 407 g/mol. The van der Waals surface area contributed by atoms with Gasteiger partial charge in [0.25, 0.3) is 5.56 Å². The normalized spacial score (nSPS) is 11.0. The summed E-state index contributed by atoms with van der Waals surface area (Å²) in [5.74, 6) is -0.329. The van der Waals surface area contributed by atoms with Crippen LogP contribution in [0.15, 0.2) is 43.7 Å². The summed E-state index contributed by atoms with van der Waals surface area (Å²) in [6, 6.07) is 7.14. The second-order valence-electron chi connectivity index (χ2n) is 5.38. The van der Waals surface area contributed by atoms with E-state index in [1.54, 1.807) is 17.5 Å². The van der Waals surface area contributed by atoms with Crippen LogP contribution in [0.4, 0.5) is 5.69 Å². The topological polar surface area (TPSA) is 73.1 Å². The summed E-state index contributed by atoms with van der Waals surface area (Å²) in [4.78, 5) is 36.7. The maximum atomic E-state index is 12.3. The molecule has 0 aliphatic carbocycles. The Labute approximate surface area is 149 Å². The maximum Gasteiger partial charge on any atom is 0.331 e. The fraction of sp³-hybridized carbons (Fsp3) is 0.188. The van der Waals surface area contributed by atoms with Gasteiger partial charge in [0.1, 0.15) is 11.2 Å². The van der Waals surface area contributed by atoms with Gasteiger partial charge in [-0.1, -0.05) is 15.9 Å². The molecular weight excluding hydrogens is 394 g/mol. The molecule has 0 aliphatic rings. The van der Waals surface area contributed by atoms with Gasteiger partial charge in [-0.3, -0.25) is 18.7 Å². The second-order valence-corrected chi connectivity index (χ2v) is 7.15. The van der Waals surface area contributed by atoms with Crippen LogP contribution in [0, 0.1) is 6.92 Å². The van der Waals surface area contributed by atoms with E-state index in [0.29, 0.717) is 15.9 Å². The van der Waals surface area contributed by atoms with Gasteiger partial charge in [-0.2, -0.15) is 0 Å². The molecule has 0 saturated heterocycles. The molecular formula is C16H14BrN3O3S. The Morgan fingerprint density at radius 1 is 1.29 bits per heavy atom. The van der Waals surface area contributed by atoms with Crippen molar-refractivity contribution in [2.45, 2.75) is 13.5 Å². The molecule has 0 spiro atoms. The number of rotatable bonds is 3. The molecule has 0 radical (unpaired) electrons. The molecule has 6 nitrogen and oxygen atoms in total. The van der Waals surface area contributed by atoms with Crippen molar-refractivity contribution in [3.8, 4) is 0 Å². The summed E-state index contributed by atoms with van der Waals surface area (Å²) >= 11 is 4.66. The molecule has 24 heavy (non-hydrogen) atoms. The molecule has 0 unspecified atom stereocenters. The number of nitrogens with one attached hydrogen (secondary N) is 1. The van der Waals surface area contributed by atoms with Crippen molar-refractivity contribution in [3.63, 3.8) is 0 Å². The number of benzene rings is 1. The zero-order chi connectivity index (χ0) is 17.4. The van der Waals surface area contributed by atoms with Crippen LogP contribution >= 0.6 is 27.3 Å². The van der Waals surface area contributed by atoms with Gasteiger partial charge in [0.2, 0.25) is 5.91 Å². The van der Waals surface area contributed by atoms with Gasteiger partial charge in [0.15, 0.2) is 0 Å². The lowest BCUT2D eigenvalue weighted by atomic mass is 10.2. The molecule has 124 valence electrons. The van der Waals surface area contributed by atoms with E-state index >= 15 is 0 Å². The number of hydrogen-bond donors (Lipinski definition) is 1. The highest BCUT2D eigenvalue weighted by Gasteiger charge is 2.14. The third-order valence-corrected chi connectivity index (χ3v) is 5.48. The number of carbonyl (C=O) groups is 1. The third kappa shape index (κ3) is 2.94. The Morgan fingerprint density at radius 3 is 2.75 bits per heavy atom. The average Bonchev–Trinajstić information content (AvgIpc) is 3.02. The number of halogens is 1. The quantitative estimate of drug-likeness (QED) is 0.724. The lowest BCUT2D eigenvalue weighted by Gasteiger charge is -2.11. The highest BCUT2D eigenvalue weighted by molar-refractivity contribution is 9.10. The second kappa shape index (κ2) is 6.37. The number of aryl methyl sites for hydroxylation is 1. The van der Waals surface area contributed by atoms with Gasteiger partial charge in [-0.15, -0.1) is 11.3 Å². The fourth-order valence-electron chi connectivity index (χ4n) is 2.42. The van der Waals surface area contributed by atoms with Crippen LogP contribution in [0.2, 0.25) is 0 Å². The number of nitrogens with zero attached hydrogens (tertiary/aromatic N) is 2. The fourth-order valence-corrected chi connectivity index (χ4v) is 3.53. The molecule has 0 fully saturated rings. The first-order valence-electron chi connectivity index (χ1n) is 7.11. The minimum absolute atomic E-state index is 0.157. The molecule has 0 saturated carbocycles. The van der Waals surface area contributed by atoms with E-state index in [-0.39, 0.29) is 18.0 Å². The van der Waals surface area contributed by atoms with Crippen LogP contribution in [0.5, 0.6) is 0 Å². The summed E-state index contributed by atoms with van der Waals surface area (Å²) < 4.78 is 3.75. The first kappa shape index (κ1) is 16.7. The van der Waals surface area contributed by atoms with Crippen molar-refractivity contribution in [2.24, 2.45) is 7.05 Å². The summed E-state index contributed by atoms with van der Waals surface area (Å²) in [5.41, 5.74) is 1.28. The highest BCUT2D eigenvalue weighted by Crippen LogP contribution is 2.20. The van der Waals surface area contributed by atoms with Crippen molar-refractivity contribution < 1.29 is 4.79 Å². The zero-order valence-electron chi connectivity index (χ0n) is 13.0. The Bertz CT molecular complexity index is 1060. The van der Waals surface area contributed by atoms with Crippen molar-refractivity contribution >= 4 is 49.1 Å². The minimum atomic E-state index is -0.506. The Kier molecular flexibility index (Phi) is 4.42. The molecule has 2 heterocycles. The standard InChI is InChI=1S/C16H14BrN3O3S/c1-9-7-10(3-4-11(9)17)18-13(21)8-20-12-5-6-24-14(12)15(22)19(2)16(20)23/h3-7H,8H2,1-2H3,(H,18,21). The number of amides is 1. The van der Waals surface area contributed by atoms with E-state index in [4.69, 9.17) is 0 Å². The van der Waals surface area contributed by atoms with Crippen LogP contribution in [-0.2, 0) is 18.4 Å². The molecule has 3 aromatic rings. The Morgan fingerprint density at radius 2 is 2.04 bits per heavy atom. The molecule has 0 aliphatic heterocycles. The van der Waals surface area contributed by atoms with Crippen LogP contribution < -0.4 is 16.6 Å². The summed E-state index contributed by atoms with van der Waals surface area (Å²) in [6.45, 7) is 1.77. The minimum Gasteiger partial charge on any atom is -0.325 e. The van der Waals surface area contributed by atoms with Crippen molar-refractivity contribution in [1.29, 1.82) is 0 Å². The van der Waals surface area contributed by atoms with Crippen molar-refractivity contribution in [3.05, 3.63) is 60.5 Å². The van der Waals surface area contributed by atoms with E-state index in [1.807, 2.05) is 19.1 Å². The molecule has 3 rings (SSSR count). The summed E-state index contributed by atoms with van der Waals surface area (Å²) in [6.07, 6.45) is 0. The van der Waals surface area contributed by atoms with Crippen molar-refractivity contribution in [1.82, 2.24) is 9.13 Å². The van der Waals surface area contributed by atoms with E-state index in [9.17, 15) is 14.4 Å². The van der Waals surface area contributed by atoms with E-state index < -0.39 is 5.69 Å². The third-order valence-electron chi connectivity index (χ3n) is 3.70. The molecule has 0 bridgehead atoms. The number of carbonyl (C=O) groups excluding carboxylic acids is 1. The number of hydrogen-bond acceptors (Lipinski definition) is 4. The van der Waals surface area contributed by atoms with Crippen LogP contribution in [0.3, 0.4) is 0 Å². The van der Waals surface area contributed by atoms with Gasteiger partial charge in [0, 0.05) is 17.2 Å². The first-order chi connectivity index (χ1) is 11.4. The predicted octanol–water partition coefficient (Wildman–Crippen LogP) is 2.47. The van der Waals surface area contributed by atoms with Gasteiger partial charge in [-0.25, -0.2) is 4.79 Å². The van der Waals surface area contributed by atoms with E-state index in [0.717, 1.165) is 14.6 Å². The van der Waals surface area contributed by atoms with Crippen LogP contribution in [0.25, 0.3) is 10.2 Å². The largest absolute Gasteiger partial charge is 0.331 e. The lowest BCUT2D eigenvalue weighted by molar-refractivity contribution is -0.116. The Hall–Kier alpha value is -2.19. The highest BCUT2D eigenvalue weighted by atomic mass is 79.9. The maximum absolute atomic E-state index is 12.3. The van der Waals surface area contributed by atoms with Gasteiger partial charge >= 0.3 is 5.69 Å². The first-order valence-corrected chi connectivity index (χ1v) is 8.79. The SMILES string of the molecule is Cc1cc(NC(=O)Cn2c(=O)n(C)c(=O)c3sccc32)ccc1Br. The molecule has 0 atom stereocenters.